The Bertz CT molecular complexity index is 247. The second-order valence-electron chi connectivity index (χ2n) is 8.03. The van der Waals surface area contributed by atoms with Gasteiger partial charge in [0.25, 0.3) is 0 Å². The molecule has 0 aliphatic heterocycles. The molecule has 0 amide bonds. The Morgan fingerprint density at radius 1 is 0.632 bits per heavy atom. The predicted molar refractivity (Wildman–Crippen MR) is 93.9 cm³/mol. The van der Waals surface area contributed by atoms with E-state index in [1.807, 2.05) is 0 Å². The average Bonchev–Trinajstić information content (AvgIpc) is 2.28. The summed E-state index contributed by atoms with van der Waals surface area (Å²) in [6, 6.07) is 0. The normalized spacial score (nSPS) is 14.8. The van der Waals surface area contributed by atoms with Crippen LogP contribution in [-0.4, -0.2) is 27.2 Å². The zero-order valence-corrected chi connectivity index (χ0v) is 19.4. The molecular weight excluding hydrogens is 353 g/mol. The maximum atomic E-state index is 7.33. The van der Waals surface area contributed by atoms with E-state index in [0.29, 0.717) is 8.49 Å². The van der Waals surface area contributed by atoms with Gasteiger partial charge in [-0.3, -0.25) is 0 Å². The van der Waals surface area contributed by atoms with Gasteiger partial charge in [-0.1, -0.05) is 0 Å². The van der Waals surface area contributed by atoms with Gasteiger partial charge in [0.05, 0.1) is 0 Å². The van der Waals surface area contributed by atoms with E-state index in [2.05, 4.69) is 69.2 Å². The zero-order valence-electron chi connectivity index (χ0n) is 15.2. The van der Waals surface area contributed by atoms with Crippen LogP contribution in [0.25, 0.3) is 0 Å². The fourth-order valence-corrected chi connectivity index (χ4v) is 41.3. The molecule has 116 valence electrons. The zero-order chi connectivity index (χ0) is 15.5. The molecule has 0 N–H and O–H groups in total. The van der Waals surface area contributed by atoms with E-state index in [1.54, 1.807) is 0 Å². The fourth-order valence-electron chi connectivity index (χ4n) is 3.90. The van der Waals surface area contributed by atoms with Crippen molar-refractivity contribution in [1.82, 2.24) is 0 Å². The summed E-state index contributed by atoms with van der Waals surface area (Å²) in [6.07, 6.45) is 0. The molecule has 0 saturated heterocycles. The Kier molecular flexibility index (Phi) is 7.25. The Hall–Kier alpha value is 1.05. The molecule has 0 aromatic heterocycles. The summed E-state index contributed by atoms with van der Waals surface area (Å²) in [5.74, 6) is 0. The second-order valence-corrected chi connectivity index (χ2v) is 31.3. The molecular formula is C16H38Ge2O. The van der Waals surface area contributed by atoms with E-state index < -0.39 is 27.2 Å². The minimum absolute atomic E-state index is 0.364. The molecule has 0 aliphatic carbocycles. The van der Waals surface area contributed by atoms with Crippen LogP contribution < -0.4 is 0 Å². The Labute approximate surface area is 128 Å². The van der Waals surface area contributed by atoms with Gasteiger partial charge in [0, 0.05) is 0 Å². The van der Waals surface area contributed by atoms with E-state index in [1.165, 1.54) is 21.0 Å². The first-order chi connectivity index (χ1) is 8.45. The molecule has 0 heterocycles. The second kappa shape index (κ2) is 6.87. The molecule has 0 bridgehead atoms. The topological polar surface area (TPSA) is 9.23 Å². The van der Waals surface area contributed by atoms with Crippen molar-refractivity contribution in [3.05, 3.63) is 0 Å². The van der Waals surface area contributed by atoms with Crippen molar-refractivity contribution in [2.24, 2.45) is 0 Å². The van der Waals surface area contributed by atoms with Gasteiger partial charge in [0.2, 0.25) is 0 Å². The van der Waals surface area contributed by atoms with Crippen LogP contribution in [0.2, 0.25) is 29.5 Å². The van der Waals surface area contributed by atoms with E-state index in [0.717, 1.165) is 0 Å². The molecule has 0 radical (unpaired) electrons. The summed E-state index contributed by atoms with van der Waals surface area (Å²) in [6.45, 7) is 24.2. The molecule has 3 heteroatoms. The van der Waals surface area contributed by atoms with Crippen LogP contribution in [0, 0.1) is 0 Å². The molecule has 0 aromatic carbocycles. The predicted octanol–water partition coefficient (Wildman–Crippen LogP) is 6.57. The third-order valence-electron chi connectivity index (χ3n) is 5.24. The summed E-state index contributed by atoms with van der Waals surface area (Å²) >= 11 is -4.49. The van der Waals surface area contributed by atoms with Crippen molar-refractivity contribution in [2.75, 3.05) is 0 Å². The molecule has 0 unspecified atom stereocenters. The van der Waals surface area contributed by atoms with Crippen molar-refractivity contribution in [2.45, 2.75) is 98.7 Å². The summed E-state index contributed by atoms with van der Waals surface area (Å²) in [4.78, 5) is 0. The van der Waals surface area contributed by atoms with Crippen LogP contribution >= 0.6 is 0 Å². The molecule has 0 fully saturated rings. The van der Waals surface area contributed by atoms with Crippen molar-refractivity contribution in [3.8, 4) is 0 Å². The first-order valence-electron chi connectivity index (χ1n) is 8.15. The van der Waals surface area contributed by atoms with E-state index in [4.69, 9.17) is 2.79 Å². The van der Waals surface area contributed by atoms with Crippen molar-refractivity contribution >= 4 is 27.2 Å². The number of hydrogen-bond donors (Lipinski definition) is 0. The van der Waals surface area contributed by atoms with Crippen molar-refractivity contribution in [3.63, 3.8) is 0 Å². The van der Waals surface area contributed by atoms with Crippen molar-refractivity contribution in [1.29, 1.82) is 0 Å². The van der Waals surface area contributed by atoms with Gasteiger partial charge in [0.15, 0.2) is 0 Å². The van der Waals surface area contributed by atoms with Gasteiger partial charge in [0.1, 0.15) is 0 Å². The van der Waals surface area contributed by atoms with E-state index in [9.17, 15) is 0 Å². The van der Waals surface area contributed by atoms with Crippen LogP contribution in [0.1, 0.15) is 69.2 Å². The third-order valence-corrected chi connectivity index (χ3v) is 35.8. The molecule has 0 aliphatic rings. The Morgan fingerprint density at radius 3 is 1.11 bits per heavy atom. The molecule has 19 heavy (non-hydrogen) atoms. The maximum absolute atomic E-state index is 7.33. The molecule has 0 saturated carbocycles. The monoisotopic (exact) mass is 394 g/mol. The first-order valence-corrected chi connectivity index (χ1v) is 17.9. The summed E-state index contributed by atoms with van der Waals surface area (Å²) in [5, 5.41) is 5.27. The van der Waals surface area contributed by atoms with Crippen LogP contribution in [0.15, 0.2) is 0 Å². The number of hydrogen-bond acceptors (Lipinski definition) is 1. The summed E-state index contributed by atoms with van der Waals surface area (Å²) in [7, 11) is 0. The first kappa shape index (κ1) is 20.0. The van der Waals surface area contributed by atoms with Crippen LogP contribution in [-0.2, 0) is 2.79 Å². The Morgan fingerprint density at radius 2 is 0.947 bits per heavy atom. The third kappa shape index (κ3) is 4.03. The molecule has 0 rings (SSSR count). The quantitative estimate of drug-likeness (QED) is 0.465. The van der Waals surface area contributed by atoms with E-state index in [-0.39, 0.29) is 0 Å². The van der Waals surface area contributed by atoms with Gasteiger partial charge in [-0.2, -0.15) is 0 Å². The number of rotatable bonds is 6. The van der Waals surface area contributed by atoms with E-state index >= 15 is 0 Å². The molecule has 0 atom stereocenters. The standard InChI is InChI=1S/C16H38Ge2O/c1-11-17(12-2,13-3)19-18(14-4,15(5,6)7)16(8,9)10/h11-14H2,1-10H3. The summed E-state index contributed by atoms with van der Waals surface area (Å²) in [5.41, 5.74) is 0. The van der Waals surface area contributed by atoms with Crippen LogP contribution in [0.5, 0.6) is 0 Å². The molecule has 0 spiro atoms. The minimum atomic E-state index is -2.41. The SMILES string of the molecule is C[CH2][Ge]([CH2]C)([CH2]C)[O][Ge]([CH2]C)([C](C)(C)C)[C](C)(C)C. The molecule has 0 aromatic rings. The fraction of sp³-hybridized carbons (Fsp3) is 1.00. The van der Waals surface area contributed by atoms with Gasteiger partial charge in [-0.15, -0.1) is 0 Å². The summed E-state index contributed by atoms with van der Waals surface area (Å²) < 4.78 is 8.05. The average molecular weight is 392 g/mol. The van der Waals surface area contributed by atoms with Crippen molar-refractivity contribution < 1.29 is 2.79 Å². The van der Waals surface area contributed by atoms with Gasteiger partial charge in [-0.25, -0.2) is 0 Å². The van der Waals surface area contributed by atoms with Gasteiger partial charge >= 0.3 is 129 Å². The van der Waals surface area contributed by atoms with Gasteiger partial charge < -0.3 is 0 Å². The van der Waals surface area contributed by atoms with Crippen LogP contribution in [0.3, 0.4) is 0 Å². The molecule has 1 nitrogen and oxygen atoms in total. The van der Waals surface area contributed by atoms with Crippen LogP contribution in [0.4, 0.5) is 0 Å². The Balaban J connectivity index is 5.77. The van der Waals surface area contributed by atoms with Gasteiger partial charge in [-0.05, 0) is 0 Å².